The summed E-state index contributed by atoms with van der Waals surface area (Å²) in [5, 5.41) is 6.80. The van der Waals surface area contributed by atoms with Crippen LogP contribution in [0.5, 0.6) is 0 Å². The van der Waals surface area contributed by atoms with Crippen molar-refractivity contribution in [3.63, 3.8) is 0 Å². The minimum absolute atomic E-state index is 1.00. The lowest BCUT2D eigenvalue weighted by Gasteiger charge is -2.15. The first kappa shape index (κ1) is 18.0. The largest absolute Gasteiger partial charge is 0.315 e. The summed E-state index contributed by atoms with van der Waals surface area (Å²) in [5.41, 5.74) is 14.0. The number of nitrogens with zero attached hydrogens (tertiary/aromatic N) is 1. The monoisotopic (exact) mass is 443 g/mol. The van der Waals surface area contributed by atoms with E-state index in [4.69, 9.17) is 0 Å². The number of fused-ring (bicyclic) bond motifs is 15. The molecular weight excluding hydrogens is 422 g/mol. The van der Waals surface area contributed by atoms with Gasteiger partial charge in [-0.2, -0.15) is 0 Å². The molecule has 0 unspecified atom stereocenters. The molecule has 0 saturated carbocycles. The van der Waals surface area contributed by atoms with E-state index in [1.807, 2.05) is 0 Å². The summed E-state index contributed by atoms with van der Waals surface area (Å²) >= 11 is 0. The molecule has 0 aliphatic heterocycles. The molecule has 5 aromatic carbocycles. The van der Waals surface area contributed by atoms with Crippen molar-refractivity contribution in [1.29, 1.82) is 0 Å². The Hall–Kier alpha value is -4.36. The summed E-state index contributed by atoms with van der Waals surface area (Å²) in [5.74, 6) is 0. The molecule has 0 bridgehead atoms. The van der Waals surface area contributed by atoms with E-state index in [1.165, 1.54) is 82.5 Å². The molecule has 2 aliphatic rings. The van der Waals surface area contributed by atoms with Crippen LogP contribution in [0.15, 0.2) is 103 Å². The summed E-state index contributed by atoms with van der Waals surface area (Å²) < 4.78 is 2.46. The third-order valence-electron chi connectivity index (χ3n) is 8.41. The van der Waals surface area contributed by atoms with Gasteiger partial charge in [0.1, 0.15) is 0 Å². The van der Waals surface area contributed by atoms with Gasteiger partial charge >= 0.3 is 0 Å². The molecule has 2 aliphatic carbocycles. The fourth-order valence-corrected chi connectivity index (χ4v) is 6.91. The van der Waals surface area contributed by atoms with Crippen LogP contribution in [-0.4, -0.2) is 4.40 Å². The maximum absolute atomic E-state index is 2.51. The SMILES string of the molecule is c1ccc2c(c1)Cc1cc3c(cc1-2)c1c2ccccc2cn1c1ccc2c(c31)Cc1ccccc1-2. The smallest absolute Gasteiger partial charge is 0.0613 e. The maximum atomic E-state index is 2.51. The van der Waals surface area contributed by atoms with Crippen LogP contribution < -0.4 is 0 Å². The highest BCUT2D eigenvalue weighted by molar-refractivity contribution is 6.22. The van der Waals surface area contributed by atoms with Crippen molar-refractivity contribution >= 4 is 38.0 Å². The van der Waals surface area contributed by atoms with E-state index >= 15 is 0 Å². The van der Waals surface area contributed by atoms with Gasteiger partial charge in [-0.1, -0.05) is 78.9 Å². The van der Waals surface area contributed by atoms with E-state index in [-0.39, 0.29) is 0 Å². The van der Waals surface area contributed by atoms with Crippen LogP contribution in [0.2, 0.25) is 0 Å². The predicted octanol–water partition coefficient (Wildman–Crippen LogP) is 8.54. The average Bonchev–Trinajstić information content (AvgIpc) is 3.58. The zero-order valence-corrected chi connectivity index (χ0v) is 19.2. The third-order valence-corrected chi connectivity index (χ3v) is 8.41. The number of aromatic nitrogens is 1. The van der Waals surface area contributed by atoms with E-state index in [0.717, 1.165) is 12.8 Å². The lowest BCUT2D eigenvalue weighted by Crippen LogP contribution is -1.95. The fraction of sp³-hybridized carbons (Fsp3) is 0.0588. The molecule has 0 fully saturated rings. The molecule has 2 heterocycles. The Labute approximate surface area is 202 Å². The molecule has 0 radical (unpaired) electrons. The molecular formula is C34H21N. The molecule has 1 nitrogen and oxygen atoms in total. The summed E-state index contributed by atoms with van der Waals surface area (Å²) in [6.45, 7) is 0. The topological polar surface area (TPSA) is 4.41 Å². The van der Waals surface area contributed by atoms with E-state index in [0.29, 0.717) is 0 Å². The zero-order chi connectivity index (χ0) is 22.7. The first-order valence-corrected chi connectivity index (χ1v) is 12.5. The van der Waals surface area contributed by atoms with Crippen molar-refractivity contribution in [1.82, 2.24) is 4.40 Å². The molecule has 0 saturated heterocycles. The second-order valence-corrected chi connectivity index (χ2v) is 10.1. The van der Waals surface area contributed by atoms with Gasteiger partial charge in [0.2, 0.25) is 0 Å². The molecule has 0 N–H and O–H groups in total. The average molecular weight is 444 g/mol. The van der Waals surface area contributed by atoms with Gasteiger partial charge in [0.05, 0.1) is 11.0 Å². The minimum Gasteiger partial charge on any atom is -0.315 e. The summed E-state index contributed by atoms with van der Waals surface area (Å²) in [4.78, 5) is 0. The Kier molecular flexibility index (Phi) is 3.19. The van der Waals surface area contributed by atoms with Gasteiger partial charge in [-0.15, -0.1) is 0 Å². The number of hydrogen-bond acceptors (Lipinski definition) is 0. The van der Waals surface area contributed by atoms with Crippen LogP contribution in [0.3, 0.4) is 0 Å². The highest BCUT2D eigenvalue weighted by atomic mass is 14.9. The Balaban J connectivity index is 1.52. The lowest BCUT2D eigenvalue weighted by atomic mass is 9.93. The first-order valence-electron chi connectivity index (χ1n) is 12.5. The van der Waals surface area contributed by atoms with Gasteiger partial charge < -0.3 is 4.40 Å². The van der Waals surface area contributed by atoms with Crippen LogP contribution in [0.4, 0.5) is 0 Å². The van der Waals surface area contributed by atoms with Crippen molar-refractivity contribution in [2.75, 3.05) is 0 Å². The number of pyridine rings is 1. The van der Waals surface area contributed by atoms with E-state index in [9.17, 15) is 0 Å². The number of benzene rings is 5. The quantitative estimate of drug-likeness (QED) is 0.207. The second kappa shape index (κ2) is 6.20. The van der Waals surface area contributed by atoms with Crippen molar-refractivity contribution in [2.45, 2.75) is 12.8 Å². The molecule has 0 amide bonds. The van der Waals surface area contributed by atoms with E-state index in [2.05, 4.69) is 108 Å². The summed E-state index contributed by atoms with van der Waals surface area (Å²) in [6, 6.07) is 36.4. The Morgan fingerprint density at radius 3 is 2.14 bits per heavy atom. The Morgan fingerprint density at radius 1 is 0.514 bits per heavy atom. The van der Waals surface area contributed by atoms with Gasteiger partial charge in [-0.05, 0) is 80.9 Å². The summed E-state index contributed by atoms with van der Waals surface area (Å²) in [6.07, 6.45) is 4.36. The van der Waals surface area contributed by atoms with Crippen molar-refractivity contribution in [3.05, 3.63) is 126 Å². The Morgan fingerprint density at radius 2 is 1.26 bits per heavy atom. The lowest BCUT2D eigenvalue weighted by molar-refractivity contribution is 1.25. The van der Waals surface area contributed by atoms with Crippen molar-refractivity contribution in [3.8, 4) is 22.3 Å². The standard InChI is InChI=1S/C34H21N/c1-5-11-25-20(7-1)15-23-17-30-31(18-28(23)25)34-26-12-6-3-9-22(26)19-35(34)32-14-13-27-24-10-4-2-8-21(24)16-29(27)33(30)32/h1-14,17-19H,15-16H2. The zero-order valence-electron chi connectivity index (χ0n) is 19.2. The van der Waals surface area contributed by atoms with Crippen LogP contribution >= 0.6 is 0 Å². The van der Waals surface area contributed by atoms with Crippen LogP contribution in [0.1, 0.15) is 22.3 Å². The van der Waals surface area contributed by atoms with Gasteiger partial charge in [0, 0.05) is 27.7 Å². The third kappa shape index (κ3) is 2.19. The molecule has 2 aromatic heterocycles. The minimum atomic E-state index is 1.00. The highest BCUT2D eigenvalue weighted by Gasteiger charge is 2.25. The van der Waals surface area contributed by atoms with Gasteiger partial charge in [0.25, 0.3) is 0 Å². The molecule has 0 spiro atoms. The van der Waals surface area contributed by atoms with Gasteiger partial charge in [-0.3, -0.25) is 0 Å². The maximum Gasteiger partial charge on any atom is 0.0613 e. The van der Waals surface area contributed by atoms with Crippen LogP contribution in [0, 0.1) is 0 Å². The van der Waals surface area contributed by atoms with Gasteiger partial charge in [-0.25, -0.2) is 0 Å². The fourth-order valence-electron chi connectivity index (χ4n) is 6.91. The highest BCUT2D eigenvalue weighted by Crippen LogP contribution is 2.47. The number of rotatable bonds is 0. The molecule has 35 heavy (non-hydrogen) atoms. The normalized spacial score (nSPS) is 13.5. The second-order valence-electron chi connectivity index (χ2n) is 10.1. The Bertz CT molecular complexity index is 2050. The molecule has 9 rings (SSSR count). The molecule has 162 valence electrons. The van der Waals surface area contributed by atoms with Gasteiger partial charge in [0.15, 0.2) is 0 Å². The van der Waals surface area contributed by atoms with Crippen molar-refractivity contribution < 1.29 is 0 Å². The first-order chi connectivity index (χ1) is 17.3. The van der Waals surface area contributed by atoms with Crippen LogP contribution in [-0.2, 0) is 12.8 Å². The van der Waals surface area contributed by atoms with Crippen LogP contribution in [0.25, 0.3) is 60.2 Å². The van der Waals surface area contributed by atoms with E-state index < -0.39 is 0 Å². The number of hydrogen-bond donors (Lipinski definition) is 0. The molecule has 7 aromatic rings. The van der Waals surface area contributed by atoms with E-state index in [1.54, 1.807) is 0 Å². The summed E-state index contributed by atoms with van der Waals surface area (Å²) in [7, 11) is 0. The molecule has 0 atom stereocenters. The molecule has 1 heteroatoms. The predicted molar refractivity (Wildman–Crippen MR) is 146 cm³/mol. The van der Waals surface area contributed by atoms with Crippen molar-refractivity contribution in [2.24, 2.45) is 0 Å².